The van der Waals surface area contributed by atoms with Crippen LogP contribution >= 0.6 is 23.4 Å². The normalized spacial score (nSPS) is 10.7. The summed E-state index contributed by atoms with van der Waals surface area (Å²) >= 11 is 7.82. The van der Waals surface area contributed by atoms with Gasteiger partial charge in [0.2, 0.25) is 5.91 Å². The summed E-state index contributed by atoms with van der Waals surface area (Å²) in [4.78, 5) is 23.7. The van der Waals surface area contributed by atoms with Crippen LogP contribution in [0.2, 0.25) is 5.02 Å². The number of carbonyl (C=O) groups excluding carboxylic acids is 2. The molecule has 168 valence electrons. The lowest BCUT2D eigenvalue weighted by Gasteiger charge is -2.14. The molecule has 3 rings (SSSR count). The Labute approximate surface area is 196 Å². The topological polar surface area (TPSA) is 86.1 Å². The fourth-order valence-electron chi connectivity index (χ4n) is 3.01. The molecule has 0 bridgehead atoms. The molecule has 3 aromatic rings. The van der Waals surface area contributed by atoms with Crippen LogP contribution in [0.4, 0.5) is 0 Å². The molecule has 1 aromatic heterocycles. The lowest BCUT2D eigenvalue weighted by molar-refractivity contribution is -0.144. The van der Waals surface area contributed by atoms with Crippen LogP contribution in [-0.2, 0) is 26.6 Å². The first kappa shape index (κ1) is 23.8. The summed E-state index contributed by atoms with van der Waals surface area (Å²) in [5.74, 6) is 0.661. The maximum Gasteiger partial charge on any atom is 0.306 e. The molecule has 1 amide bonds. The molecule has 0 saturated carbocycles. The number of esters is 1. The van der Waals surface area contributed by atoms with Gasteiger partial charge in [0.25, 0.3) is 0 Å². The zero-order valence-corrected chi connectivity index (χ0v) is 19.6. The Morgan fingerprint density at radius 2 is 1.91 bits per heavy atom. The van der Waals surface area contributed by atoms with E-state index in [0.29, 0.717) is 22.6 Å². The molecular formula is C23H25ClN4O3S. The molecule has 0 radical (unpaired) electrons. The summed E-state index contributed by atoms with van der Waals surface area (Å²) in [6, 6.07) is 15.7. The SMILES string of the molecule is CCOC(=O)CCC(=O)NCc1nnc(SCc2ccccc2)n1-c1cc(Cl)ccc1C. The van der Waals surface area contributed by atoms with E-state index in [-0.39, 0.29) is 31.3 Å². The van der Waals surface area contributed by atoms with Gasteiger partial charge in [-0.3, -0.25) is 14.2 Å². The van der Waals surface area contributed by atoms with E-state index >= 15 is 0 Å². The number of amides is 1. The lowest BCUT2D eigenvalue weighted by atomic mass is 10.2. The molecule has 0 aliphatic carbocycles. The van der Waals surface area contributed by atoms with E-state index in [0.717, 1.165) is 17.0 Å². The summed E-state index contributed by atoms with van der Waals surface area (Å²) in [6.45, 7) is 4.19. The zero-order valence-electron chi connectivity index (χ0n) is 18.0. The Balaban J connectivity index is 1.78. The first-order chi connectivity index (χ1) is 15.5. The van der Waals surface area contributed by atoms with Crippen molar-refractivity contribution in [3.63, 3.8) is 0 Å². The molecule has 1 N–H and O–H groups in total. The van der Waals surface area contributed by atoms with Gasteiger partial charge in [-0.2, -0.15) is 0 Å². The Kier molecular flexibility index (Phi) is 8.70. The smallest absolute Gasteiger partial charge is 0.306 e. The van der Waals surface area contributed by atoms with E-state index in [2.05, 4.69) is 27.6 Å². The monoisotopic (exact) mass is 472 g/mol. The van der Waals surface area contributed by atoms with Crippen LogP contribution in [-0.4, -0.2) is 33.2 Å². The van der Waals surface area contributed by atoms with Gasteiger partial charge in [-0.05, 0) is 37.1 Å². The van der Waals surface area contributed by atoms with Gasteiger partial charge in [0, 0.05) is 17.2 Å². The van der Waals surface area contributed by atoms with Gasteiger partial charge in [0.15, 0.2) is 11.0 Å². The largest absolute Gasteiger partial charge is 0.466 e. The molecule has 0 atom stereocenters. The van der Waals surface area contributed by atoms with Crippen molar-refractivity contribution in [1.82, 2.24) is 20.1 Å². The van der Waals surface area contributed by atoms with Gasteiger partial charge in [0.05, 0.1) is 25.3 Å². The van der Waals surface area contributed by atoms with E-state index in [1.807, 2.05) is 47.9 Å². The molecule has 1 heterocycles. The number of aryl methyl sites for hydroxylation is 1. The van der Waals surface area contributed by atoms with Crippen molar-refractivity contribution in [2.75, 3.05) is 6.61 Å². The van der Waals surface area contributed by atoms with Crippen molar-refractivity contribution in [2.45, 2.75) is 44.1 Å². The van der Waals surface area contributed by atoms with Crippen molar-refractivity contribution < 1.29 is 14.3 Å². The van der Waals surface area contributed by atoms with Gasteiger partial charge >= 0.3 is 5.97 Å². The quantitative estimate of drug-likeness (QED) is 0.346. The van der Waals surface area contributed by atoms with Gasteiger partial charge in [-0.15, -0.1) is 10.2 Å². The van der Waals surface area contributed by atoms with Gasteiger partial charge in [0.1, 0.15) is 0 Å². The maximum atomic E-state index is 12.2. The second kappa shape index (κ2) is 11.7. The average Bonchev–Trinajstić information content (AvgIpc) is 3.20. The fraction of sp³-hybridized carbons (Fsp3) is 0.304. The number of ether oxygens (including phenoxy) is 1. The molecular weight excluding hydrogens is 448 g/mol. The van der Waals surface area contributed by atoms with Crippen LogP contribution in [0.3, 0.4) is 0 Å². The minimum absolute atomic E-state index is 0.0396. The Morgan fingerprint density at radius 1 is 1.12 bits per heavy atom. The number of hydrogen-bond donors (Lipinski definition) is 1. The second-order valence-corrected chi connectivity index (χ2v) is 8.40. The summed E-state index contributed by atoms with van der Waals surface area (Å²) < 4.78 is 6.78. The molecule has 7 nitrogen and oxygen atoms in total. The number of benzene rings is 2. The highest BCUT2D eigenvalue weighted by Gasteiger charge is 2.18. The lowest BCUT2D eigenvalue weighted by Crippen LogP contribution is -2.25. The zero-order chi connectivity index (χ0) is 22.9. The minimum Gasteiger partial charge on any atom is -0.466 e. The van der Waals surface area contributed by atoms with E-state index in [1.54, 1.807) is 18.7 Å². The van der Waals surface area contributed by atoms with E-state index in [1.165, 1.54) is 5.56 Å². The Hall–Kier alpha value is -2.84. The van der Waals surface area contributed by atoms with Crippen LogP contribution in [0.1, 0.15) is 36.7 Å². The number of nitrogens with one attached hydrogen (secondary N) is 1. The first-order valence-corrected chi connectivity index (χ1v) is 11.6. The van der Waals surface area contributed by atoms with Gasteiger partial charge in [-0.1, -0.05) is 59.8 Å². The second-order valence-electron chi connectivity index (χ2n) is 7.02. The first-order valence-electron chi connectivity index (χ1n) is 10.3. The van der Waals surface area contributed by atoms with Crippen molar-refractivity contribution in [3.05, 3.63) is 70.5 Å². The van der Waals surface area contributed by atoms with Crippen molar-refractivity contribution in [3.8, 4) is 5.69 Å². The summed E-state index contributed by atoms with van der Waals surface area (Å²) in [6.07, 6.45) is 0.0940. The van der Waals surface area contributed by atoms with E-state index in [4.69, 9.17) is 16.3 Å². The number of nitrogens with zero attached hydrogens (tertiary/aromatic N) is 3. The van der Waals surface area contributed by atoms with Gasteiger partial charge < -0.3 is 10.1 Å². The highest BCUT2D eigenvalue weighted by Crippen LogP contribution is 2.28. The molecule has 0 spiro atoms. The molecule has 0 unspecified atom stereocenters. The van der Waals surface area contributed by atoms with E-state index in [9.17, 15) is 9.59 Å². The maximum absolute atomic E-state index is 12.2. The number of hydrogen-bond acceptors (Lipinski definition) is 6. The molecule has 0 aliphatic heterocycles. The van der Waals surface area contributed by atoms with E-state index < -0.39 is 0 Å². The summed E-state index contributed by atoms with van der Waals surface area (Å²) in [5, 5.41) is 12.8. The van der Waals surface area contributed by atoms with Crippen molar-refractivity contribution in [1.29, 1.82) is 0 Å². The van der Waals surface area contributed by atoms with Crippen LogP contribution in [0, 0.1) is 6.92 Å². The van der Waals surface area contributed by atoms with Crippen LogP contribution < -0.4 is 5.32 Å². The van der Waals surface area contributed by atoms with Crippen LogP contribution in [0.5, 0.6) is 0 Å². The average molecular weight is 473 g/mol. The molecule has 9 heteroatoms. The Bertz CT molecular complexity index is 1070. The fourth-order valence-corrected chi connectivity index (χ4v) is 4.10. The highest BCUT2D eigenvalue weighted by molar-refractivity contribution is 7.98. The third-order valence-electron chi connectivity index (χ3n) is 4.63. The predicted molar refractivity (Wildman–Crippen MR) is 125 cm³/mol. The molecule has 0 fully saturated rings. The number of rotatable bonds is 10. The number of halogens is 1. The van der Waals surface area contributed by atoms with Crippen LogP contribution in [0.25, 0.3) is 5.69 Å². The molecule has 2 aromatic carbocycles. The molecule has 32 heavy (non-hydrogen) atoms. The predicted octanol–water partition coefficient (Wildman–Crippen LogP) is 4.48. The molecule has 0 saturated heterocycles. The molecule has 0 aliphatic rings. The third-order valence-corrected chi connectivity index (χ3v) is 5.86. The van der Waals surface area contributed by atoms with Crippen molar-refractivity contribution >= 4 is 35.2 Å². The van der Waals surface area contributed by atoms with Gasteiger partial charge in [-0.25, -0.2) is 0 Å². The number of carbonyl (C=O) groups is 2. The standard InChI is InChI=1S/C23H25ClN4O3S/c1-3-31-22(30)12-11-21(29)25-14-20-26-27-23(32-15-17-7-5-4-6-8-17)28(20)19-13-18(24)10-9-16(19)2/h4-10,13H,3,11-12,14-15H2,1-2H3,(H,25,29). The van der Waals surface area contributed by atoms with Crippen LogP contribution in [0.15, 0.2) is 53.7 Å². The van der Waals surface area contributed by atoms with Crippen molar-refractivity contribution in [2.24, 2.45) is 0 Å². The third kappa shape index (κ3) is 6.58. The summed E-state index contributed by atoms with van der Waals surface area (Å²) in [7, 11) is 0. The summed E-state index contributed by atoms with van der Waals surface area (Å²) in [5.41, 5.74) is 3.03. The number of thioether (sulfide) groups is 1. The highest BCUT2D eigenvalue weighted by atomic mass is 35.5. The minimum atomic E-state index is -0.389. The number of aromatic nitrogens is 3. The Morgan fingerprint density at radius 3 is 2.66 bits per heavy atom.